The number of benzene rings is 1. The first kappa shape index (κ1) is 25.7. The van der Waals surface area contributed by atoms with Gasteiger partial charge in [-0.15, -0.1) is 24.0 Å². The molecule has 2 N–H and O–H groups in total. The molecule has 29 heavy (non-hydrogen) atoms. The first-order chi connectivity index (χ1) is 13.6. The average Bonchev–Trinajstić information content (AvgIpc) is 3.11. The fraction of sp³-hybridized carbons (Fsp3) is 0.636. The number of nitrogens with zero attached hydrogens (tertiary/aromatic N) is 2. The van der Waals surface area contributed by atoms with Gasteiger partial charge in [-0.05, 0) is 36.8 Å². The number of aliphatic imine (C=N–C) groups is 1. The Labute approximate surface area is 192 Å². The van der Waals surface area contributed by atoms with Gasteiger partial charge in [-0.2, -0.15) is 0 Å². The van der Waals surface area contributed by atoms with E-state index >= 15 is 0 Å². The van der Waals surface area contributed by atoms with E-state index in [0.717, 1.165) is 58.2 Å². The Bertz CT molecular complexity index is 612. The van der Waals surface area contributed by atoms with Crippen molar-refractivity contribution in [2.75, 3.05) is 32.8 Å². The number of ether oxygens (including phenoxy) is 1. The molecule has 0 fully saturated rings. The van der Waals surface area contributed by atoms with E-state index in [0.29, 0.717) is 18.9 Å². The monoisotopic (exact) mass is 516 g/mol. The molecule has 1 amide bonds. The topological polar surface area (TPSA) is 66.0 Å². The Balaban J connectivity index is 0.00000420. The highest BCUT2D eigenvalue weighted by Crippen LogP contribution is 2.22. The second-order valence-corrected chi connectivity index (χ2v) is 7.63. The number of carbonyl (C=O) groups is 1. The second kappa shape index (κ2) is 14.6. The van der Waals surface area contributed by atoms with Crippen molar-refractivity contribution in [3.05, 3.63) is 35.4 Å². The minimum absolute atomic E-state index is 0. The third kappa shape index (κ3) is 9.80. The van der Waals surface area contributed by atoms with Crippen LogP contribution in [0.4, 0.5) is 0 Å². The summed E-state index contributed by atoms with van der Waals surface area (Å²) in [5, 5.41) is 6.58. The van der Waals surface area contributed by atoms with Gasteiger partial charge in [-0.3, -0.25) is 9.79 Å². The van der Waals surface area contributed by atoms with Crippen LogP contribution >= 0.6 is 24.0 Å². The quantitative estimate of drug-likeness (QED) is 0.205. The van der Waals surface area contributed by atoms with E-state index < -0.39 is 0 Å². The first-order valence-electron chi connectivity index (χ1n) is 10.5. The Hall–Kier alpha value is -1.35. The zero-order valence-corrected chi connectivity index (χ0v) is 20.4. The highest BCUT2D eigenvalue weighted by Gasteiger charge is 2.22. The number of rotatable bonds is 11. The molecule has 1 aromatic rings. The minimum Gasteiger partial charge on any atom is -0.381 e. The van der Waals surface area contributed by atoms with Gasteiger partial charge >= 0.3 is 0 Å². The zero-order chi connectivity index (χ0) is 20.2. The van der Waals surface area contributed by atoms with E-state index in [9.17, 15) is 4.79 Å². The minimum atomic E-state index is 0. The van der Waals surface area contributed by atoms with Gasteiger partial charge in [-0.25, -0.2) is 0 Å². The molecule has 1 aromatic carbocycles. The van der Waals surface area contributed by atoms with Crippen LogP contribution in [0.3, 0.4) is 0 Å². The lowest BCUT2D eigenvalue weighted by molar-refractivity contribution is -0.131. The van der Waals surface area contributed by atoms with Gasteiger partial charge in [0.2, 0.25) is 5.91 Å². The van der Waals surface area contributed by atoms with Crippen molar-refractivity contribution in [2.45, 2.75) is 53.1 Å². The summed E-state index contributed by atoms with van der Waals surface area (Å²) in [6.07, 6.45) is 2.25. The molecule has 6 nitrogen and oxygen atoms in total. The molecule has 1 heterocycles. The largest absolute Gasteiger partial charge is 0.381 e. The van der Waals surface area contributed by atoms with E-state index in [2.05, 4.69) is 48.5 Å². The normalized spacial score (nSPS) is 13.2. The summed E-state index contributed by atoms with van der Waals surface area (Å²) in [6, 6.07) is 8.28. The number of hydrogen-bond donors (Lipinski definition) is 2. The first-order valence-corrected chi connectivity index (χ1v) is 10.5. The van der Waals surface area contributed by atoms with Crippen LogP contribution in [0, 0.1) is 5.92 Å². The third-order valence-corrected chi connectivity index (χ3v) is 4.57. The molecule has 0 aliphatic carbocycles. The fourth-order valence-corrected chi connectivity index (χ4v) is 3.13. The van der Waals surface area contributed by atoms with E-state index in [1.807, 2.05) is 17.0 Å². The van der Waals surface area contributed by atoms with Gasteiger partial charge in [0.25, 0.3) is 0 Å². The van der Waals surface area contributed by atoms with Crippen LogP contribution in [-0.2, 0) is 22.6 Å². The standard InChI is InChI=1S/C22H36N4O2.HI/c1-4-23-22(25-13-8-14-28-17-18(2)3)24-12-7-11-21(27)26-15-19-9-5-6-10-20(19)16-26;/h5-6,9-10,18H,4,7-8,11-17H2,1-3H3,(H2,23,24,25);1H. The SMILES string of the molecule is CCNC(=NCCCC(=O)N1Cc2ccccc2C1)NCCCOCC(C)C.I. The van der Waals surface area contributed by atoms with Gasteiger partial charge in [0.05, 0.1) is 0 Å². The van der Waals surface area contributed by atoms with Crippen LogP contribution in [0.1, 0.15) is 51.2 Å². The summed E-state index contributed by atoms with van der Waals surface area (Å²) in [7, 11) is 0. The predicted molar refractivity (Wildman–Crippen MR) is 130 cm³/mol. The smallest absolute Gasteiger partial charge is 0.223 e. The number of guanidine groups is 1. The van der Waals surface area contributed by atoms with Crippen molar-refractivity contribution in [3.63, 3.8) is 0 Å². The molecule has 164 valence electrons. The van der Waals surface area contributed by atoms with Crippen LogP contribution in [0.2, 0.25) is 0 Å². The molecule has 1 aliphatic heterocycles. The number of fused-ring (bicyclic) bond motifs is 1. The second-order valence-electron chi connectivity index (χ2n) is 7.63. The molecule has 0 bridgehead atoms. The van der Waals surface area contributed by atoms with Crippen molar-refractivity contribution < 1.29 is 9.53 Å². The van der Waals surface area contributed by atoms with Crippen LogP contribution < -0.4 is 10.6 Å². The van der Waals surface area contributed by atoms with Crippen LogP contribution in [0.25, 0.3) is 0 Å². The number of amides is 1. The lowest BCUT2D eigenvalue weighted by Crippen LogP contribution is -2.38. The molecule has 0 radical (unpaired) electrons. The Morgan fingerprint density at radius 3 is 2.48 bits per heavy atom. The third-order valence-electron chi connectivity index (χ3n) is 4.57. The van der Waals surface area contributed by atoms with Crippen molar-refractivity contribution >= 4 is 35.8 Å². The average molecular weight is 516 g/mol. The molecular formula is C22H37IN4O2. The van der Waals surface area contributed by atoms with Crippen molar-refractivity contribution in [1.29, 1.82) is 0 Å². The summed E-state index contributed by atoms with van der Waals surface area (Å²) in [5.74, 6) is 1.60. The lowest BCUT2D eigenvalue weighted by atomic mass is 10.1. The van der Waals surface area contributed by atoms with E-state index in [4.69, 9.17) is 4.74 Å². The summed E-state index contributed by atoms with van der Waals surface area (Å²) in [6.45, 7) is 11.7. The van der Waals surface area contributed by atoms with E-state index in [1.54, 1.807) is 0 Å². The summed E-state index contributed by atoms with van der Waals surface area (Å²) >= 11 is 0. The van der Waals surface area contributed by atoms with Gasteiger partial charge in [0, 0.05) is 52.4 Å². The summed E-state index contributed by atoms with van der Waals surface area (Å²) in [5.41, 5.74) is 2.54. The van der Waals surface area contributed by atoms with E-state index in [1.165, 1.54) is 11.1 Å². The highest BCUT2D eigenvalue weighted by molar-refractivity contribution is 14.0. The molecule has 0 unspecified atom stereocenters. The summed E-state index contributed by atoms with van der Waals surface area (Å²) < 4.78 is 5.59. The van der Waals surface area contributed by atoms with Gasteiger partial charge in [0.15, 0.2) is 5.96 Å². The maximum atomic E-state index is 12.4. The van der Waals surface area contributed by atoms with Crippen LogP contribution in [-0.4, -0.2) is 49.6 Å². The van der Waals surface area contributed by atoms with Gasteiger partial charge in [-0.1, -0.05) is 38.1 Å². The van der Waals surface area contributed by atoms with Crippen molar-refractivity contribution in [2.24, 2.45) is 10.9 Å². The van der Waals surface area contributed by atoms with Gasteiger partial charge < -0.3 is 20.3 Å². The maximum absolute atomic E-state index is 12.4. The Morgan fingerprint density at radius 1 is 1.17 bits per heavy atom. The molecule has 0 spiro atoms. The highest BCUT2D eigenvalue weighted by atomic mass is 127. The molecule has 0 atom stereocenters. The maximum Gasteiger partial charge on any atom is 0.223 e. The zero-order valence-electron chi connectivity index (χ0n) is 18.1. The predicted octanol–water partition coefficient (Wildman–Crippen LogP) is 3.54. The lowest BCUT2D eigenvalue weighted by Gasteiger charge is -2.15. The number of hydrogen-bond acceptors (Lipinski definition) is 3. The Kier molecular flexibility index (Phi) is 12.9. The molecule has 0 aromatic heterocycles. The Morgan fingerprint density at radius 2 is 1.86 bits per heavy atom. The molecule has 2 rings (SSSR count). The summed E-state index contributed by atoms with van der Waals surface area (Å²) in [4.78, 5) is 19.0. The molecular weight excluding hydrogens is 479 g/mol. The molecule has 0 saturated carbocycles. The number of carbonyl (C=O) groups excluding carboxylic acids is 1. The van der Waals surface area contributed by atoms with Crippen LogP contribution in [0.5, 0.6) is 0 Å². The molecule has 1 aliphatic rings. The number of nitrogens with one attached hydrogen (secondary N) is 2. The molecule has 0 saturated heterocycles. The van der Waals surface area contributed by atoms with Crippen molar-refractivity contribution in [1.82, 2.24) is 15.5 Å². The number of halogens is 1. The molecule has 7 heteroatoms. The fourth-order valence-electron chi connectivity index (χ4n) is 3.13. The van der Waals surface area contributed by atoms with Crippen molar-refractivity contribution in [3.8, 4) is 0 Å². The van der Waals surface area contributed by atoms with Gasteiger partial charge in [0.1, 0.15) is 0 Å². The van der Waals surface area contributed by atoms with E-state index in [-0.39, 0.29) is 29.9 Å². The van der Waals surface area contributed by atoms with Crippen LogP contribution in [0.15, 0.2) is 29.3 Å².